The highest BCUT2D eigenvalue weighted by molar-refractivity contribution is 7.15. The Kier molecular flexibility index (Phi) is 7.30. The molecule has 1 amide bonds. The van der Waals surface area contributed by atoms with Crippen molar-refractivity contribution in [1.29, 1.82) is 0 Å². The zero-order valence-corrected chi connectivity index (χ0v) is 18.8. The molecule has 1 N–H and O–H groups in total. The molecular weight excluding hydrogens is 441 g/mol. The number of esters is 1. The van der Waals surface area contributed by atoms with E-state index in [2.05, 4.69) is 5.32 Å². The molecule has 1 atom stereocenters. The summed E-state index contributed by atoms with van der Waals surface area (Å²) in [5, 5.41) is 5.40. The number of ether oxygens (including phenoxy) is 2. The summed E-state index contributed by atoms with van der Waals surface area (Å²) in [6.07, 6.45) is -0.828. The van der Waals surface area contributed by atoms with E-state index in [0.717, 1.165) is 5.56 Å². The van der Waals surface area contributed by atoms with Gasteiger partial charge in [0.15, 0.2) is 6.10 Å². The van der Waals surface area contributed by atoms with Crippen LogP contribution in [0.25, 0.3) is 11.1 Å². The summed E-state index contributed by atoms with van der Waals surface area (Å²) in [7, 11) is 0. The van der Waals surface area contributed by atoms with Crippen molar-refractivity contribution in [3.8, 4) is 16.9 Å². The predicted molar refractivity (Wildman–Crippen MR) is 121 cm³/mol. The van der Waals surface area contributed by atoms with Crippen LogP contribution in [0.1, 0.15) is 29.8 Å². The van der Waals surface area contributed by atoms with Crippen LogP contribution < -0.4 is 10.1 Å². The van der Waals surface area contributed by atoms with Crippen LogP contribution in [0, 0.1) is 12.7 Å². The van der Waals surface area contributed by atoms with Gasteiger partial charge in [0.1, 0.15) is 22.1 Å². The normalized spacial score (nSPS) is 11.6. The molecule has 31 heavy (non-hydrogen) atoms. The third-order valence-electron chi connectivity index (χ3n) is 4.47. The standard InChI is InChI=1S/C23H21ClFNO4S/c1-4-29-23(28)20-18(15-5-8-17(25)9-6-15)12-31-22(20)26-21(27)14(3)30-19-10-7-16(24)11-13(19)2/h5-12,14H,4H2,1-3H3,(H,26,27)/t14-/m1/s1. The molecule has 5 nitrogen and oxygen atoms in total. The third kappa shape index (κ3) is 5.42. The first-order chi connectivity index (χ1) is 14.8. The van der Waals surface area contributed by atoms with E-state index >= 15 is 0 Å². The van der Waals surface area contributed by atoms with Gasteiger partial charge in [-0.25, -0.2) is 9.18 Å². The molecule has 2 aromatic carbocycles. The monoisotopic (exact) mass is 461 g/mol. The Balaban J connectivity index is 1.85. The topological polar surface area (TPSA) is 64.6 Å². The van der Waals surface area contributed by atoms with E-state index in [1.165, 1.54) is 23.5 Å². The van der Waals surface area contributed by atoms with E-state index in [1.807, 2.05) is 6.92 Å². The van der Waals surface area contributed by atoms with E-state index in [9.17, 15) is 14.0 Å². The fourth-order valence-electron chi connectivity index (χ4n) is 2.90. The molecule has 0 saturated carbocycles. The molecule has 0 saturated heterocycles. The van der Waals surface area contributed by atoms with Crippen molar-refractivity contribution < 1.29 is 23.5 Å². The molecule has 3 aromatic rings. The summed E-state index contributed by atoms with van der Waals surface area (Å²) in [5.41, 5.74) is 2.22. The Labute approximate surface area is 188 Å². The lowest BCUT2D eigenvalue weighted by Gasteiger charge is -2.16. The van der Waals surface area contributed by atoms with Crippen molar-refractivity contribution in [1.82, 2.24) is 0 Å². The maximum absolute atomic E-state index is 13.3. The van der Waals surface area contributed by atoms with Gasteiger partial charge in [-0.15, -0.1) is 11.3 Å². The number of thiophene rings is 1. The highest BCUT2D eigenvalue weighted by Crippen LogP contribution is 2.36. The number of hydrogen-bond donors (Lipinski definition) is 1. The van der Waals surface area contributed by atoms with Gasteiger partial charge in [-0.1, -0.05) is 23.7 Å². The molecule has 8 heteroatoms. The molecule has 0 unspecified atom stereocenters. The lowest BCUT2D eigenvalue weighted by Crippen LogP contribution is -2.30. The fourth-order valence-corrected chi connectivity index (χ4v) is 4.09. The smallest absolute Gasteiger partial charge is 0.341 e. The minimum Gasteiger partial charge on any atom is -0.481 e. The summed E-state index contributed by atoms with van der Waals surface area (Å²) >= 11 is 7.15. The zero-order chi connectivity index (χ0) is 22.5. The number of halogens is 2. The van der Waals surface area contributed by atoms with Gasteiger partial charge in [-0.05, 0) is 62.2 Å². The minimum absolute atomic E-state index is 0.181. The van der Waals surface area contributed by atoms with Gasteiger partial charge in [-0.3, -0.25) is 4.79 Å². The van der Waals surface area contributed by atoms with E-state index in [4.69, 9.17) is 21.1 Å². The van der Waals surface area contributed by atoms with Gasteiger partial charge in [0, 0.05) is 16.0 Å². The van der Waals surface area contributed by atoms with E-state index < -0.39 is 18.0 Å². The summed E-state index contributed by atoms with van der Waals surface area (Å²) in [6, 6.07) is 10.9. The van der Waals surface area contributed by atoms with Crippen LogP contribution in [0.3, 0.4) is 0 Å². The highest BCUT2D eigenvalue weighted by atomic mass is 35.5. The molecular formula is C23H21ClFNO4S. The van der Waals surface area contributed by atoms with Gasteiger partial charge in [-0.2, -0.15) is 0 Å². The third-order valence-corrected chi connectivity index (χ3v) is 5.60. The van der Waals surface area contributed by atoms with Gasteiger partial charge in [0.25, 0.3) is 5.91 Å². The molecule has 3 rings (SSSR count). The molecule has 0 aliphatic heterocycles. The number of amides is 1. The molecule has 0 radical (unpaired) electrons. The Hall–Kier alpha value is -2.90. The van der Waals surface area contributed by atoms with Gasteiger partial charge in [0.05, 0.1) is 6.61 Å². The Bertz CT molecular complexity index is 1100. The van der Waals surface area contributed by atoms with E-state index in [1.54, 1.807) is 49.6 Å². The highest BCUT2D eigenvalue weighted by Gasteiger charge is 2.25. The van der Waals surface area contributed by atoms with Crippen molar-refractivity contribution in [2.75, 3.05) is 11.9 Å². The number of anilines is 1. The van der Waals surface area contributed by atoms with Crippen LogP contribution in [0.15, 0.2) is 47.8 Å². The van der Waals surface area contributed by atoms with Crippen molar-refractivity contribution in [2.45, 2.75) is 26.9 Å². The van der Waals surface area contributed by atoms with Crippen LogP contribution in [0.4, 0.5) is 9.39 Å². The van der Waals surface area contributed by atoms with Crippen LogP contribution in [0.2, 0.25) is 5.02 Å². The van der Waals surface area contributed by atoms with Gasteiger partial charge >= 0.3 is 5.97 Å². The second kappa shape index (κ2) is 9.94. The van der Waals surface area contributed by atoms with Crippen LogP contribution in [0.5, 0.6) is 5.75 Å². The number of rotatable bonds is 7. The SMILES string of the molecule is CCOC(=O)c1c(-c2ccc(F)cc2)csc1NC(=O)[C@@H](C)Oc1ccc(Cl)cc1C. The van der Waals surface area contributed by atoms with E-state index in [-0.39, 0.29) is 18.0 Å². The Morgan fingerprint density at radius 3 is 2.55 bits per heavy atom. The maximum Gasteiger partial charge on any atom is 0.341 e. The first-order valence-electron chi connectivity index (χ1n) is 9.58. The molecule has 0 aliphatic rings. The minimum atomic E-state index is -0.828. The molecule has 162 valence electrons. The number of nitrogens with one attached hydrogen (secondary N) is 1. The molecule has 1 aromatic heterocycles. The molecule has 0 bridgehead atoms. The van der Waals surface area contributed by atoms with Crippen LogP contribution >= 0.6 is 22.9 Å². The number of carbonyl (C=O) groups excluding carboxylic acids is 2. The summed E-state index contributed by atoms with van der Waals surface area (Å²) in [6.45, 7) is 5.32. The fraction of sp³-hybridized carbons (Fsp3) is 0.217. The van der Waals surface area contributed by atoms with Crippen LogP contribution in [-0.2, 0) is 9.53 Å². The number of carbonyl (C=O) groups is 2. The number of hydrogen-bond acceptors (Lipinski definition) is 5. The summed E-state index contributed by atoms with van der Waals surface area (Å²) < 4.78 is 24.2. The summed E-state index contributed by atoms with van der Waals surface area (Å²) in [5.74, 6) is -0.836. The molecule has 0 aliphatic carbocycles. The Morgan fingerprint density at radius 2 is 1.90 bits per heavy atom. The second-order valence-corrected chi connectivity index (χ2v) is 8.06. The second-order valence-electron chi connectivity index (χ2n) is 6.74. The lowest BCUT2D eigenvalue weighted by molar-refractivity contribution is -0.122. The van der Waals surface area contributed by atoms with Crippen molar-refractivity contribution >= 4 is 39.8 Å². The van der Waals surface area contributed by atoms with Crippen molar-refractivity contribution in [3.63, 3.8) is 0 Å². The van der Waals surface area contributed by atoms with Gasteiger partial charge < -0.3 is 14.8 Å². The average Bonchev–Trinajstić information content (AvgIpc) is 3.14. The largest absolute Gasteiger partial charge is 0.481 e. The van der Waals surface area contributed by atoms with Crippen molar-refractivity contribution in [2.24, 2.45) is 0 Å². The predicted octanol–water partition coefficient (Wildman–Crippen LogP) is 6.10. The molecule has 1 heterocycles. The number of aryl methyl sites for hydroxylation is 1. The first kappa shape index (κ1) is 22.8. The maximum atomic E-state index is 13.3. The molecule has 0 spiro atoms. The average molecular weight is 462 g/mol. The summed E-state index contributed by atoms with van der Waals surface area (Å²) in [4.78, 5) is 25.4. The number of benzene rings is 2. The lowest BCUT2D eigenvalue weighted by atomic mass is 10.0. The Morgan fingerprint density at radius 1 is 1.19 bits per heavy atom. The zero-order valence-electron chi connectivity index (χ0n) is 17.2. The van der Waals surface area contributed by atoms with E-state index in [0.29, 0.717) is 26.9 Å². The van der Waals surface area contributed by atoms with Crippen LogP contribution in [-0.4, -0.2) is 24.6 Å². The van der Waals surface area contributed by atoms with Gasteiger partial charge in [0.2, 0.25) is 0 Å². The first-order valence-corrected chi connectivity index (χ1v) is 10.8. The molecule has 0 fully saturated rings. The van der Waals surface area contributed by atoms with Crippen molar-refractivity contribution in [3.05, 3.63) is 69.8 Å². The quantitative estimate of drug-likeness (QED) is 0.432.